The molecule has 0 radical (unpaired) electrons. The lowest BCUT2D eigenvalue weighted by molar-refractivity contribution is 0.0765. The van der Waals surface area contributed by atoms with E-state index in [9.17, 15) is 13.2 Å². The van der Waals surface area contributed by atoms with Gasteiger partial charge in [-0.15, -0.1) is 0 Å². The molecule has 0 saturated carbocycles. The van der Waals surface area contributed by atoms with Crippen molar-refractivity contribution in [2.24, 2.45) is 0 Å². The fourth-order valence-electron chi connectivity index (χ4n) is 2.01. The third-order valence-electron chi connectivity index (χ3n) is 3.38. The highest BCUT2D eigenvalue weighted by atomic mass is 32.2. The molecule has 0 spiro atoms. The smallest absolute Gasteiger partial charge is 0.257 e. The Labute approximate surface area is 125 Å². The van der Waals surface area contributed by atoms with Crippen LogP contribution < -0.4 is 9.46 Å². The molecule has 2 rings (SSSR count). The van der Waals surface area contributed by atoms with Crippen molar-refractivity contribution < 1.29 is 17.9 Å². The fourth-order valence-corrected chi connectivity index (χ4v) is 2.70. The van der Waals surface area contributed by atoms with E-state index < -0.39 is 15.3 Å². The normalized spacial score (nSPS) is 15.4. The molecule has 0 unspecified atom stereocenters. The summed E-state index contributed by atoms with van der Waals surface area (Å²) in [6.07, 6.45) is 0. The van der Waals surface area contributed by atoms with E-state index in [1.807, 2.05) is 6.92 Å². The van der Waals surface area contributed by atoms with Crippen LogP contribution in [0.3, 0.4) is 0 Å². The van der Waals surface area contributed by atoms with Crippen LogP contribution in [0.4, 0.5) is 5.69 Å². The molecule has 0 aliphatic carbocycles. The summed E-state index contributed by atoms with van der Waals surface area (Å²) >= 11 is 0. The molecule has 116 valence electrons. The molecule has 1 aromatic carbocycles. The third kappa shape index (κ3) is 3.29. The quantitative estimate of drug-likeness (QED) is 0.918. The number of ether oxygens (including phenoxy) is 1. The van der Waals surface area contributed by atoms with Gasteiger partial charge in [0.05, 0.1) is 17.4 Å². The molecule has 21 heavy (non-hydrogen) atoms. The van der Waals surface area contributed by atoms with Gasteiger partial charge >= 0.3 is 0 Å². The van der Waals surface area contributed by atoms with E-state index in [1.165, 1.54) is 6.07 Å². The molecule has 1 aromatic rings. The number of anilines is 1. The molecular formula is C14H20N2O4S. The van der Waals surface area contributed by atoms with Gasteiger partial charge < -0.3 is 9.64 Å². The van der Waals surface area contributed by atoms with Gasteiger partial charge in [0.2, 0.25) is 10.0 Å². The second-order valence-electron chi connectivity index (χ2n) is 5.14. The van der Waals surface area contributed by atoms with Gasteiger partial charge in [0.25, 0.3) is 5.91 Å². The zero-order valence-corrected chi connectivity index (χ0v) is 13.2. The van der Waals surface area contributed by atoms with E-state index in [0.29, 0.717) is 36.7 Å². The Morgan fingerprint density at radius 3 is 2.71 bits per heavy atom. The van der Waals surface area contributed by atoms with E-state index in [2.05, 4.69) is 4.72 Å². The first-order valence-electron chi connectivity index (χ1n) is 6.93. The SMILES string of the molecule is CCN1CCOc2ccc(NS(=O)(=O)C(C)C)cc2C1=O. The zero-order chi connectivity index (χ0) is 15.6. The number of sulfonamides is 1. The molecule has 6 nitrogen and oxygen atoms in total. The summed E-state index contributed by atoms with van der Waals surface area (Å²) in [6.45, 7) is 6.64. The van der Waals surface area contributed by atoms with Crippen LogP contribution in [0.1, 0.15) is 31.1 Å². The molecule has 0 saturated heterocycles. The van der Waals surface area contributed by atoms with Crippen molar-refractivity contribution in [3.63, 3.8) is 0 Å². The predicted octanol–water partition coefficient (Wildman–Crippen LogP) is 1.69. The van der Waals surface area contributed by atoms with Crippen molar-refractivity contribution >= 4 is 21.6 Å². The first-order valence-corrected chi connectivity index (χ1v) is 8.47. The van der Waals surface area contributed by atoms with Crippen LogP contribution >= 0.6 is 0 Å². The summed E-state index contributed by atoms with van der Waals surface area (Å²) in [7, 11) is -3.44. The van der Waals surface area contributed by atoms with Crippen LogP contribution in [-0.2, 0) is 10.0 Å². The number of amides is 1. The number of nitrogens with zero attached hydrogens (tertiary/aromatic N) is 1. The standard InChI is InChI=1S/C14H20N2O4S/c1-4-16-7-8-20-13-6-5-11(9-12(13)14(16)17)15-21(18,19)10(2)3/h5-6,9-10,15H,4,7-8H2,1-3H3. The van der Waals surface area contributed by atoms with Gasteiger partial charge in [-0.3, -0.25) is 9.52 Å². The number of nitrogens with one attached hydrogen (secondary N) is 1. The molecule has 1 amide bonds. The number of likely N-dealkylation sites (N-methyl/N-ethyl adjacent to an activating group) is 1. The van der Waals surface area contributed by atoms with E-state index >= 15 is 0 Å². The van der Waals surface area contributed by atoms with E-state index in [1.54, 1.807) is 30.9 Å². The van der Waals surface area contributed by atoms with Gasteiger partial charge in [-0.05, 0) is 39.0 Å². The number of fused-ring (bicyclic) bond motifs is 1. The van der Waals surface area contributed by atoms with Gasteiger partial charge in [-0.2, -0.15) is 0 Å². The Bertz CT molecular complexity index is 640. The lowest BCUT2D eigenvalue weighted by Gasteiger charge is -2.17. The first-order chi connectivity index (χ1) is 9.85. The van der Waals surface area contributed by atoms with Gasteiger partial charge in [0, 0.05) is 12.2 Å². The molecule has 0 bridgehead atoms. The maximum Gasteiger partial charge on any atom is 0.257 e. The third-order valence-corrected chi connectivity index (χ3v) is 5.14. The molecule has 1 heterocycles. The van der Waals surface area contributed by atoms with Crippen molar-refractivity contribution in [3.05, 3.63) is 23.8 Å². The minimum Gasteiger partial charge on any atom is -0.491 e. The van der Waals surface area contributed by atoms with E-state index in [4.69, 9.17) is 4.74 Å². The van der Waals surface area contributed by atoms with Crippen LogP contribution in [-0.4, -0.2) is 44.2 Å². The minimum atomic E-state index is -3.44. The lowest BCUT2D eigenvalue weighted by atomic mass is 10.1. The van der Waals surface area contributed by atoms with Gasteiger partial charge in [0.1, 0.15) is 12.4 Å². The number of carbonyl (C=O) groups is 1. The number of benzene rings is 1. The summed E-state index contributed by atoms with van der Waals surface area (Å²) in [5.74, 6) is 0.346. The molecule has 1 aliphatic heterocycles. The van der Waals surface area contributed by atoms with Gasteiger partial charge in [-0.25, -0.2) is 8.42 Å². The Hall–Kier alpha value is -1.76. The highest BCUT2D eigenvalue weighted by molar-refractivity contribution is 7.93. The van der Waals surface area contributed by atoms with E-state index in [-0.39, 0.29) is 5.91 Å². The molecule has 1 N–H and O–H groups in total. The second kappa shape index (κ2) is 5.93. The fraction of sp³-hybridized carbons (Fsp3) is 0.500. The molecule has 0 atom stereocenters. The number of hydrogen-bond acceptors (Lipinski definition) is 4. The maximum absolute atomic E-state index is 12.4. The summed E-state index contributed by atoms with van der Waals surface area (Å²) in [6, 6.07) is 4.77. The van der Waals surface area contributed by atoms with E-state index in [0.717, 1.165) is 0 Å². The van der Waals surface area contributed by atoms with Crippen molar-refractivity contribution in [3.8, 4) is 5.75 Å². The number of rotatable bonds is 4. The molecular weight excluding hydrogens is 292 g/mol. The Kier molecular flexibility index (Phi) is 4.41. The van der Waals surface area contributed by atoms with Crippen LogP contribution in [0.5, 0.6) is 5.75 Å². The zero-order valence-electron chi connectivity index (χ0n) is 12.4. The van der Waals surface area contributed by atoms with Crippen molar-refractivity contribution in [2.45, 2.75) is 26.0 Å². The van der Waals surface area contributed by atoms with Gasteiger partial charge in [-0.1, -0.05) is 0 Å². The molecule has 0 fully saturated rings. The van der Waals surface area contributed by atoms with Crippen LogP contribution in [0, 0.1) is 0 Å². The monoisotopic (exact) mass is 312 g/mol. The van der Waals surface area contributed by atoms with Crippen LogP contribution in [0.15, 0.2) is 18.2 Å². The van der Waals surface area contributed by atoms with Crippen LogP contribution in [0.25, 0.3) is 0 Å². The summed E-state index contributed by atoms with van der Waals surface area (Å²) < 4.78 is 31.8. The topological polar surface area (TPSA) is 75.7 Å². The first kappa shape index (κ1) is 15.6. The van der Waals surface area contributed by atoms with Crippen molar-refractivity contribution in [1.29, 1.82) is 0 Å². The second-order valence-corrected chi connectivity index (χ2v) is 7.38. The predicted molar refractivity (Wildman–Crippen MR) is 81.2 cm³/mol. The Balaban J connectivity index is 2.36. The number of hydrogen-bond donors (Lipinski definition) is 1. The highest BCUT2D eigenvalue weighted by Gasteiger charge is 2.24. The summed E-state index contributed by atoms with van der Waals surface area (Å²) in [4.78, 5) is 14.1. The van der Waals surface area contributed by atoms with Crippen molar-refractivity contribution in [2.75, 3.05) is 24.4 Å². The van der Waals surface area contributed by atoms with Crippen molar-refractivity contribution in [1.82, 2.24) is 4.90 Å². The Morgan fingerprint density at radius 1 is 1.38 bits per heavy atom. The molecule has 1 aliphatic rings. The molecule has 0 aromatic heterocycles. The average Bonchev–Trinajstić information content (AvgIpc) is 2.58. The Morgan fingerprint density at radius 2 is 2.10 bits per heavy atom. The van der Waals surface area contributed by atoms with Gasteiger partial charge in [0.15, 0.2) is 0 Å². The largest absolute Gasteiger partial charge is 0.491 e. The highest BCUT2D eigenvalue weighted by Crippen LogP contribution is 2.27. The van der Waals surface area contributed by atoms with Crippen LogP contribution in [0.2, 0.25) is 0 Å². The summed E-state index contributed by atoms with van der Waals surface area (Å²) in [5, 5.41) is -0.546. The lowest BCUT2D eigenvalue weighted by Crippen LogP contribution is -2.32. The molecule has 7 heteroatoms. The maximum atomic E-state index is 12.4. The number of carbonyl (C=O) groups excluding carboxylic acids is 1. The summed E-state index contributed by atoms with van der Waals surface area (Å²) in [5.41, 5.74) is 0.760. The average molecular weight is 312 g/mol. The minimum absolute atomic E-state index is 0.143.